The van der Waals surface area contributed by atoms with Crippen LogP contribution >= 0.6 is 11.6 Å². The summed E-state index contributed by atoms with van der Waals surface area (Å²) in [5.74, 6) is -0.264. The zero-order valence-corrected chi connectivity index (χ0v) is 14.9. The van der Waals surface area contributed by atoms with E-state index in [0.29, 0.717) is 6.54 Å². The summed E-state index contributed by atoms with van der Waals surface area (Å²) < 4.78 is 23.6. The molecule has 1 aliphatic heterocycles. The first-order chi connectivity index (χ1) is 11.4. The number of aryl methyl sites for hydroxylation is 1. The van der Waals surface area contributed by atoms with Crippen LogP contribution in [0.4, 0.5) is 5.69 Å². The molecule has 0 spiro atoms. The summed E-state index contributed by atoms with van der Waals surface area (Å²) in [5, 5.41) is 0.258. The molecular formula is C18H18ClNO3S. The number of para-hydroxylation sites is 1. The molecule has 0 bridgehead atoms. The Bertz CT molecular complexity index is 893. The number of fused-ring (bicyclic) bond motifs is 1. The minimum atomic E-state index is -3.40. The average Bonchev–Trinajstić information content (AvgIpc) is 2.76. The van der Waals surface area contributed by atoms with E-state index in [4.69, 9.17) is 11.6 Å². The zero-order chi connectivity index (χ0) is 17.3. The summed E-state index contributed by atoms with van der Waals surface area (Å²) in [4.78, 5) is 14.9. The molecule has 0 radical (unpaired) electrons. The van der Waals surface area contributed by atoms with Gasteiger partial charge in [0.15, 0.2) is 9.84 Å². The molecule has 2 aromatic carbocycles. The molecule has 1 aliphatic rings. The molecule has 0 saturated carbocycles. The Kier molecular flexibility index (Phi) is 4.65. The Morgan fingerprint density at radius 2 is 1.88 bits per heavy atom. The van der Waals surface area contributed by atoms with Gasteiger partial charge in [0.05, 0.1) is 15.5 Å². The van der Waals surface area contributed by atoms with Crippen molar-refractivity contribution >= 4 is 33.0 Å². The maximum atomic E-state index is 13.1. The molecule has 0 unspecified atom stereocenters. The van der Waals surface area contributed by atoms with Crippen LogP contribution in [0.1, 0.15) is 28.8 Å². The Hall–Kier alpha value is -1.85. The Labute approximate surface area is 147 Å². The second-order valence-electron chi connectivity index (χ2n) is 5.96. The Balaban J connectivity index is 2.07. The summed E-state index contributed by atoms with van der Waals surface area (Å²) in [5.41, 5.74) is 2.22. The number of hydrogen-bond donors (Lipinski definition) is 0. The maximum absolute atomic E-state index is 13.1. The van der Waals surface area contributed by atoms with E-state index in [0.717, 1.165) is 36.8 Å². The van der Waals surface area contributed by atoms with Crippen LogP contribution in [0.3, 0.4) is 0 Å². The zero-order valence-electron chi connectivity index (χ0n) is 13.3. The lowest BCUT2D eigenvalue weighted by atomic mass is 10.1. The molecule has 0 saturated heterocycles. The summed E-state index contributed by atoms with van der Waals surface area (Å²) in [6.07, 6.45) is 3.95. The third kappa shape index (κ3) is 3.32. The van der Waals surface area contributed by atoms with Crippen molar-refractivity contribution in [2.75, 3.05) is 17.7 Å². The van der Waals surface area contributed by atoms with Crippen LogP contribution in [0.15, 0.2) is 47.4 Å². The van der Waals surface area contributed by atoms with Crippen molar-refractivity contribution in [1.82, 2.24) is 0 Å². The lowest BCUT2D eigenvalue weighted by Crippen LogP contribution is -2.32. The average molecular weight is 364 g/mol. The molecule has 6 heteroatoms. The van der Waals surface area contributed by atoms with Crippen molar-refractivity contribution in [2.45, 2.75) is 24.2 Å². The van der Waals surface area contributed by atoms with Crippen molar-refractivity contribution in [1.29, 1.82) is 0 Å². The van der Waals surface area contributed by atoms with Gasteiger partial charge < -0.3 is 4.90 Å². The lowest BCUT2D eigenvalue weighted by molar-refractivity contribution is 0.0987. The van der Waals surface area contributed by atoms with Crippen LogP contribution < -0.4 is 4.90 Å². The molecule has 0 N–H and O–H groups in total. The number of carbonyl (C=O) groups is 1. The normalized spacial score (nSPS) is 14.8. The SMILES string of the molecule is CS(=O)(=O)c1ccc(Cl)c(C(=O)N2CCCCc3ccccc32)c1. The van der Waals surface area contributed by atoms with E-state index in [1.807, 2.05) is 24.3 Å². The van der Waals surface area contributed by atoms with Gasteiger partial charge in [-0.2, -0.15) is 0 Å². The van der Waals surface area contributed by atoms with Crippen LogP contribution in [-0.2, 0) is 16.3 Å². The monoisotopic (exact) mass is 363 g/mol. The van der Waals surface area contributed by atoms with Crippen LogP contribution in [0, 0.1) is 0 Å². The smallest absolute Gasteiger partial charge is 0.259 e. The minimum absolute atomic E-state index is 0.0957. The van der Waals surface area contributed by atoms with Crippen LogP contribution in [0.5, 0.6) is 0 Å². The van der Waals surface area contributed by atoms with Crippen LogP contribution in [0.2, 0.25) is 5.02 Å². The van der Waals surface area contributed by atoms with Gasteiger partial charge in [0.2, 0.25) is 0 Å². The molecule has 24 heavy (non-hydrogen) atoms. The highest BCUT2D eigenvalue weighted by Gasteiger charge is 2.24. The number of anilines is 1. The molecule has 0 aromatic heterocycles. The summed E-state index contributed by atoms with van der Waals surface area (Å²) in [6, 6.07) is 12.1. The molecular weight excluding hydrogens is 346 g/mol. The van der Waals surface area contributed by atoms with E-state index in [1.54, 1.807) is 4.90 Å². The van der Waals surface area contributed by atoms with Crippen molar-refractivity contribution < 1.29 is 13.2 Å². The number of sulfone groups is 1. The number of benzene rings is 2. The standard InChI is InChI=1S/C18H18ClNO3S/c1-24(22,23)14-9-10-16(19)15(12-14)18(21)20-11-5-4-7-13-6-2-3-8-17(13)20/h2-3,6,8-10,12H,4-5,7,11H2,1H3. The van der Waals surface area contributed by atoms with Crippen molar-refractivity contribution in [3.8, 4) is 0 Å². The topological polar surface area (TPSA) is 54.5 Å². The van der Waals surface area contributed by atoms with Gasteiger partial charge in [-0.05, 0) is 49.1 Å². The number of nitrogens with zero attached hydrogens (tertiary/aromatic N) is 1. The first-order valence-electron chi connectivity index (χ1n) is 7.77. The number of carbonyl (C=O) groups excluding carboxylic acids is 1. The first-order valence-corrected chi connectivity index (χ1v) is 10.0. The summed E-state index contributed by atoms with van der Waals surface area (Å²) in [7, 11) is -3.40. The predicted molar refractivity (Wildman–Crippen MR) is 95.6 cm³/mol. The van der Waals surface area contributed by atoms with Crippen molar-refractivity contribution in [3.05, 3.63) is 58.6 Å². The molecule has 126 valence electrons. The number of rotatable bonds is 2. The van der Waals surface area contributed by atoms with Crippen molar-refractivity contribution in [2.24, 2.45) is 0 Å². The van der Waals surface area contributed by atoms with Crippen molar-refractivity contribution in [3.63, 3.8) is 0 Å². The predicted octanol–water partition coefficient (Wildman–Crippen LogP) is 3.73. The van der Waals surface area contributed by atoms with Gasteiger partial charge in [0.1, 0.15) is 0 Å². The molecule has 1 heterocycles. The molecule has 0 fully saturated rings. The fourth-order valence-electron chi connectivity index (χ4n) is 2.95. The highest BCUT2D eigenvalue weighted by Crippen LogP contribution is 2.30. The third-order valence-corrected chi connectivity index (χ3v) is 5.64. The number of hydrogen-bond acceptors (Lipinski definition) is 3. The second kappa shape index (κ2) is 6.57. The highest BCUT2D eigenvalue weighted by atomic mass is 35.5. The van der Waals surface area contributed by atoms with E-state index in [-0.39, 0.29) is 21.4 Å². The largest absolute Gasteiger partial charge is 0.308 e. The van der Waals surface area contributed by atoms with Gasteiger partial charge in [0, 0.05) is 18.5 Å². The van der Waals surface area contributed by atoms with Gasteiger partial charge in [-0.15, -0.1) is 0 Å². The van der Waals surface area contributed by atoms with E-state index in [1.165, 1.54) is 18.2 Å². The van der Waals surface area contributed by atoms with Crippen LogP contribution in [-0.4, -0.2) is 27.1 Å². The van der Waals surface area contributed by atoms with Gasteiger partial charge in [0.25, 0.3) is 5.91 Å². The van der Waals surface area contributed by atoms with Crippen LogP contribution in [0.25, 0.3) is 0 Å². The molecule has 0 atom stereocenters. The fraction of sp³-hybridized carbons (Fsp3) is 0.278. The summed E-state index contributed by atoms with van der Waals surface area (Å²) >= 11 is 6.19. The quantitative estimate of drug-likeness (QED) is 0.817. The molecule has 1 amide bonds. The first kappa shape index (κ1) is 17.0. The summed E-state index contributed by atoms with van der Waals surface area (Å²) in [6.45, 7) is 0.593. The second-order valence-corrected chi connectivity index (χ2v) is 8.38. The van der Waals surface area contributed by atoms with E-state index in [2.05, 4.69) is 0 Å². The Morgan fingerprint density at radius 1 is 1.12 bits per heavy atom. The minimum Gasteiger partial charge on any atom is -0.308 e. The molecule has 3 rings (SSSR count). The number of amides is 1. The maximum Gasteiger partial charge on any atom is 0.259 e. The van der Waals surface area contributed by atoms with E-state index >= 15 is 0 Å². The highest BCUT2D eigenvalue weighted by molar-refractivity contribution is 7.90. The molecule has 4 nitrogen and oxygen atoms in total. The van der Waals surface area contributed by atoms with E-state index in [9.17, 15) is 13.2 Å². The molecule has 0 aliphatic carbocycles. The van der Waals surface area contributed by atoms with Gasteiger partial charge in [-0.25, -0.2) is 8.42 Å². The van der Waals surface area contributed by atoms with Gasteiger partial charge in [-0.1, -0.05) is 29.8 Å². The molecule has 2 aromatic rings. The van der Waals surface area contributed by atoms with Gasteiger partial charge in [-0.3, -0.25) is 4.79 Å². The Morgan fingerprint density at radius 3 is 2.62 bits per heavy atom. The third-order valence-electron chi connectivity index (χ3n) is 4.20. The number of halogens is 1. The van der Waals surface area contributed by atoms with Gasteiger partial charge >= 0.3 is 0 Å². The lowest BCUT2D eigenvalue weighted by Gasteiger charge is -2.23. The fourth-order valence-corrected chi connectivity index (χ4v) is 3.79. The van der Waals surface area contributed by atoms with E-state index < -0.39 is 9.84 Å².